The van der Waals surface area contributed by atoms with Gasteiger partial charge in [0, 0.05) is 25.4 Å². The molecule has 19 heavy (non-hydrogen) atoms. The third-order valence-electron chi connectivity index (χ3n) is 2.80. The molecule has 0 N–H and O–H groups in total. The number of ketones is 1. The number of carbonyl (C=O) groups excluding carboxylic acids is 1. The summed E-state index contributed by atoms with van der Waals surface area (Å²) in [4.78, 5) is 12.3. The Morgan fingerprint density at radius 1 is 1.05 bits per heavy atom. The van der Waals surface area contributed by atoms with Crippen LogP contribution in [0.4, 0.5) is 0 Å². The van der Waals surface area contributed by atoms with Crippen molar-refractivity contribution in [2.45, 2.75) is 13.3 Å². The van der Waals surface area contributed by atoms with Crippen LogP contribution in [-0.4, -0.2) is 5.78 Å². The van der Waals surface area contributed by atoms with Crippen LogP contribution in [-0.2, 0) is 6.42 Å². The number of rotatable bonds is 3. The van der Waals surface area contributed by atoms with Crippen LogP contribution < -0.4 is 0 Å². The van der Waals surface area contributed by atoms with Gasteiger partial charge in [-0.05, 0) is 42.3 Å². The summed E-state index contributed by atoms with van der Waals surface area (Å²) < 4.78 is 2.78. The minimum absolute atomic E-state index is 0.102. The number of Topliss-reactive ketones (excluding diaryl/α,β-unsaturated/α-hetero) is 1. The molecule has 1 nitrogen and oxygen atoms in total. The summed E-state index contributed by atoms with van der Waals surface area (Å²) in [6, 6.07) is 11.6. The smallest absolute Gasteiger partial charge is 0.168 e. The molecular weight excluding hydrogens is 436 g/mol. The maximum absolute atomic E-state index is 12.3. The minimum atomic E-state index is 0.102. The number of carbonyl (C=O) groups is 1. The van der Waals surface area contributed by atoms with Crippen molar-refractivity contribution in [1.82, 2.24) is 0 Å². The molecule has 0 spiro atoms. The summed E-state index contributed by atoms with van der Waals surface area (Å²) >= 11 is 10.3. The van der Waals surface area contributed by atoms with Crippen molar-refractivity contribution in [3.63, 3.8) is 0 Å². The summed E-state index contributed by atoms with van der Waals surface area (Å²) in [5, 5.41) is 0. The lowest BCUT2D eigenvalue weighted by atomic mass is 10.0. The third kappa shape index (κ3) is 3.77. The molecule has 4 heteroatoms. The molecule has 0 fully saturated rings. The van der Waals surface area contributed by atoms with Crippen molar-refractivity contribution in [1.29, 1.82) is 0 Å². The SMILES string of the molecule is Cc1cc(Br)c(C(=O)Cc2cccc(Br)c2)cc1Br. The maximum Gasteiger partial charge on any atom is 0.168 e. The van der Waals surface area contributed by atoms with E-state index in [1.54, 1.807) is 0 Å². The number of hydrogen-bond acceptors (Lipinski definition) is 1. The third-order valence-corrected chi connectivity index (χ3v) is 4.81. The van der Waals surface area contributed by atoms with Crippen LogP contribution in [0, 0.1) is 6.92 Å². The highest BCUT2D eigenvalue weighted by Crippen LogP contribution is 2.26. The zero-order valence-electron chi connectivity index (χ0n) is 10.2. The van der Waals surface area contributed by atoms with Crippen molar-refractivity contribution < 1.29 is 4.79 Å². The average Bonchev–Trinajstić information content (AvgIpc) is 2.33. The Kier molecular flexibility index (Phi) is 4.98. The van der Waals surface area contributed by atoms with Crippen molar-refractivity contribution in [3.05, 3.63) is 66.5 Å². The second-order valence-corrected chi connectivity index (χ2v) is 6.94. The second kappa shape index (κ2) is 6.33. The van der Waals surface area contributed by atoms with E-state index < -0.39 is 0 Å². The van der Waals surface area contributed by atoms with Crippen LogP contribution in [0.3, 0.4) is 0 Å². The molecule has 0 aliphatic heterocycles. The van der Waals surface area contributed by atoms with E-state index in [0.29, 0.717) is 12.0 Å². The van der Waals surface area contributed by atoms with Gasteiger partial charge in [-0.3, -0.25) is 4.79 Å². The van der Waals surface area contributed by atoms with Gasteiger partial charge < -0.3 is 0 Å². The van der Waals surface area contributed by atoms with Crippen LogP contribution in [0.15, 0.2) is 49.8 Å². The Labute approximate surface area is 137 Å². The molecular formula is C15H11Br3O. The molecule has 0 saturated carbocycles. The minimum Gasteiger partial charge on any atom is -0.294 e. The van der Waals surface area contributed by atoms with E-state index in [2.05, 4.69) is 47.8 Å². The predicted molar refractivity (Wildman–Crippen MR) is 88.8 cm³/mol. The van der Waals surface area contributed by atoms with Gasteiger partial charge >= 0.3 is 0 Å². The molecule has 0 unspecified atom stereocenters. The molecule has 0 aromatic heterocycles. The van der Waals surface area contributed by atoms with Gasteiger partial charge in [-0.25, -0.2) is 0 Å². The Hall–Kier alpha value is -0.450. The van der Waals surface area contributed by atoms with Gasteiger partial charge in [0.2, 0.25) is 0 Å². The van der Waals surface area contributed by atoms with E-state index >= 15 is 0 Å². The van der Waals surface area contributed by atoms with Gasteiger partial charge in [0.25, 0.3) is 0 Å². The van der Waals surface area contributed by atoms with Gasteiger partial charge in [0.1, 0.15) is 0 Å². The number of halogens is 3. The maximum atomic E-state index is 12.3. The highest BCUT2D eigenvalue weighted by Gasteiger charge is 2.13. The quantitative estimate of drug-likeness (QED) is 0.552. The van der Waals surface area contributed by atoms with Crippen LogP contribution in [0.1, 0.15) is 21.5 Å². The summed E-state index contributed by atoms with van der Waals surface area (Å²) in [7, 11) is 0. The van der Waals surface area contributed by atoms with E-state index in [0.717, 1.165) is 24.5 Å². The molecule has 0 aliphatic rings. The molecule has 2 rings (SSSR count). The lowest BCUT2D eigenvalue weighted by molar-refractivity contribution is 0.0992. The summed E-state index contributed by atoms with van der Waals surface area (Å²) in [6.07, 6.45) is 0.396. The molecule has 2 aromatic carbocycles. The Morgan fingerprint density at radius 2 is 1.79 bits per heavy atom. The fourth-order valence-electron chi connectivity index (χ4n) is 1.79. The lowest BCUT2D eigenvalue weighted by Crippen LogP contribution is -2.05. The molecule has 2 aromatic rings. The molecule has 0 aliphatic carbocycles. The highest BCUT2D eigenvalue weighted by atomic mass is 79.9. The van der Waals surface area contributed by atoms with E-state index in [-0.39, 0.29) is 5.78 Å². The second-order valence-electron chi connectivity index (χ2n) is 4.31. The van der Waals surface area contributed by atoms with Gasteiger partial charge in [-0.1, -0.05) is 59.9 Å². The summed E-state index contributed by atoms with van der Waals surface area (Å²) in [5.41, 5.74) is 2.81. The standard InChI is InChI=1S/C15H11Br3O/c1-9-5-14(18)12(8-13(9)17)15(19)7-10-3-2-4-11(16)6-10/h2-6,8H,7H2,1H3. The van der Waals surface area contributed by atoms with Crippen molar-refractivity contribution in [2.24, 2.45) is 0 Å². The van der Waals surface area contributed by atoms with E-state index in [1.165, 1.54) is 0 Å². The normalized spacial score (nSPS) is 10.5. The molecule has 98 valence electrons. The van der Waals surface area contributed by atoms with Gasteiger partial charge in [0.05, 0.1) is 0 Å². The molecule has 0 saturated heterocycles. The van der Waals surface area contributed by atoms with E-state index in [4.69, 9.17) is 0 Å². The van der Waals surface area contributed by atoms with Crippen LogP contribution >= 0.6 is 47.8 Å². The molecule has 0 amide bonds. The lowest BCUT2D eigenvalue weighted by Gasteiger charge is -2.07. The monoisotopic (exact) mass is 444 g/mol. The largest absolute Gasteiger partial charge is 0.294 e. The topological polar surface area (TPSA) is 17.1 Å². The first kappa shape index (κ1) is 14.9. The highest BCUT2D eigenvalue weighted by molar-refractivity contribution is 9.11. The number of benzene rings is 2. The first-order valence-electron chi connectivity index (χ1n) is 5.70. The van der Waals surface area contributed by atoms with E-state index in [1.807, 2.05) is 43.3 Å². The summed E-state index contributed by atoms with van der Waals surface area (Å²) in [5.74, 6) is 0.102. The molecule has 0 bridgehead atoms. The Bertz CT molecular complexity index is 635. The molecule has 0 radical (unpaired) electrons. The van der Waals surface area contributed by atoms with Crippen molar-refractivity contribution in [2.75, 3.05) is 0 Å². The Balaban J connectivity index is 2.28. The van der Waals surface area contributed by atoms with Gasteiger partial charge in [-0.2, -0.15) is 0 Å². The van der Waals surface area contributed by atoms with Gasteiger partial charge in [-0.15, -0.1) is 0 Å². The predicted octanol–water partition coefficient (Wildman–Crippen LogP) is 5.71. The number of aryl methyl sites for hydroxylation is 1. The van der Waals surface area contributed by atoms with Crippen molar-refractivity contribution in [3.8, 4) is 0 Å². The molecule has 0 heterocycles. The van der Waals surface area contributed by atoms with Gasteiger partial charge in [0.15, 0.2) is 5.78 Å². The van der Waals surface area contributed by atoms with E-state index in [9.17, 15) is 4.79 Å². The zero-order valence-corrected chi connectivity index (χ0v) is 15.0. The Morgan fingerprint density at radius 3 is 2.47 bits per heavy atom. The first-order valence-corrected chi connectivity index (χ1v) is 8.08. The van der Waals surface area contributed by atoms with Crippen LogP contribution in [0.5, 0.6) is 0 Å². The average molecular weight is 447 g/mol. The number of hydrogen-bond donors (Lipinski definition) is 0. The zero-order chi connectivity index (χ0) is 14.0. The first-order chi connectivity index (χ1) is 8.97. The fraction of sp³-hybridized carbons (Fsp3) is 0.133. The van der Waals surface area contributed by atoms with Crippen LogP contribution in [0.25, 0.3) is 0 Å². The summed E-state index contributed by atoms with van der Waals surface area (Å²) in [6.45, 7) is 2.00. The molecule has 0 atom stereocenters. The fourth-order valence-corrected chi connectivity index (χ4v) is 3.26. The van der Waals surface area contributed by atoms with Crippen molar-refractivity contribution >= 4 is 53.6 Å². The van der Waals surface area contributed by atoms with Crippen LogP contribution in [0.2, 0.25) is 0 Å².